The molecule has 0 amide bonds. The Kier molecular flexibility index (Phi) is 4.60. The zero-order chi connectivity index (χ0) is 19.3. The second-order valence-corrected chi connectivity index (χ2v) is 8.36. The lowest BCUT2D eigenvalue weighted by atomic mass is 9.50. The summed E-state index contributed by atoms with van der Waals surface area (Å²) in [6.45, 7) is 0. The standard InChI is InChI=1S/C19H24F2N2O4/c20-13-3-10(22-11-7-19(8-11)5-9(6-19)18(26)27)4-14(21)16(13)12-1-2-15(24)23-17(12)25/h3-4,9,11-12,15,17,22-25H,1-2,5-8H2,(H,26,27). The molecule has 2 saturated carbocycles. The normalized spacial score (nSPS) is 38.1. The monoisotopic (exact) mass is 382 g/mol. The molecule has 2 aliphatic carbocycles. The molecule has 0 bridgehead atoms. The fourth-order valence-corrected chi connectivity index (χ4v) is 5.03. The molecule has 0 radical (unpaired) electrons. The van der Waals surface area contributed by atoms with E-state index in [4.69, 9.17) is 5.11 Å². The van der Waals surface area contributed by atoms with Gasteiger partial charge in [-0.05, 0) is 56.1 Å². The lowest BCUT2D eigenvalue weighted by Crippen LogP contribution is -2.54. The Labute approximate surface area is 155 Å². The van der Waals surface area contributed by atoms with Gasteiger partial charge in [0, 0.05) is 23.2 Å². The topological polar surface area (TPSA) is 102 Å². The van der Waals surface area contributed by atoms with E-state index in [-0.39, 0.29) is 29.4 Å². The number of hydrogen-bond acceptors (Lipinski definition) is 5. The van der Waals surface area contributed by atoms with Gasteiger partial charge in [-0.15, -0.1) is 0 Å². The fraction of sp³-hybridized carbons (Fsp3) is 0.632. The van der Waals surface area contributed by atoms with E-state index in [1.165, 1.54) is 12.1 Å². The summed E-state index contributed by atoms with van der Waals surface area (Å²) in [6.07, 6.45) is 1.50. The first-order valence-electron chi connectivity index (χ1n) is 9.37. The van der Waals surface area contributed by atoms with Gasteiger partial charge < -0.3 is 20.6 Å². The molecule has 3 aliphatic rings. The van der Waals surface area contributed by atoms with Gasteiger partial charge in [0.2, 0.25) is 0 Å². The number of carboxylic acid groups (broad SMARTS) is 1. The zero-order valence-electron chi connectivity index (χ0n) is 14.8. The van der Waals surface area contributed by atoms with Crippen molar-refractivity contribution in [3.05, 3.63) is 29.3 Å². The molecule has 3 atom stereocenters. The average molecular weight is 382 g/mol. The van der Waals surface area contributed by atoms with Crippen molar-refractivity contribution in [2.24, 2.45) is 11.3 Å². The van der Waals surface area contributed by atoms with Gasteiger partial charge in [0.15, 0.2) is 0 Å². The van der Waals surface area contributed by atoms with Gasteiger partial charge in [0.25, 0.3) is 0 Å². The minimum atomic E-state index is -1.20. The minimum Gasteiger partial charge on any atom is -0.481 e. The van der Waals surface area contributed by atoms with Crippen molar-refractivity contribution >= 4 is 11.7 Å². The molecular weight excluding hydrogens is 358 g/mol. The number of anilines is 1. The van der Waals surface area contributed by atoms with Crippen molar-refractivity contribution in [3.63, 3.8) is 0 Å². The highest BCUT2D eigenvalue weighted by atomic mass is 19.1. The summed E-state index contributed by atoms with van der Waals surface area (Å²) in [7, 11) is 0. The summed E-state index contributed by atoms with van der Waals surface area (Å²) < 4.78 is 29.1. The molecule has 1 heterocycles. The summed E-state index contributed by atoms with van der Waals surface area (Å²) in [5.74, 6) is -3.19. The summed E-state index contributed by atoms with van der Waals surface area (Å²) in [5, 5.41) is 34.1. The van der Waals surface area contributed by atoms with Crippen LogP contribution >= 0.6 is 0 Å². The SMILES string of the molecule is O=C(O)C1CC2(CC(Nc3cc(F)c(C4CCC(O)NC4O)c(F)c3)C2)C1. The zero-order valence-corrected chi connectivity index (χ0v) is 14.8. The third kappa shape index (κ3) is 3.41. The number of halogens is 2. The molecule has 6 nitrogen and oxygen atoms in total. The van der Waals surface area contributed by atoms with Crippen molar-refractivity contribution < 1.29 is 28.9 Å². The number of aliphatic hydroxyl groups excluding tert-OH is 2. The molecule has 27 heavy (non-hydrogen) atoms. The number of aliphatic hydroxyl groups is 2. The average Bonchev–Trinajstić information content (AvgIpc) is 2.49. The van der Waals surface area contributed by atoms with Crippen LogP contribution < -0.4 is 10.6 Å². The van der Waals surface area contributed by atoms with E-state index < -0.39 is 36.0 Å². The molecule has 148 valence electrons. The highest BCUT2D eigenvalue weighted by molar-refractivity contribution is 5.71. The minimum absolute atomic E-state index is 0.0798. The molecule has 3 fully saturated rings. The number of nitrogens with one attached hydrogen (secondary N) is 2. The van der Waals surface area contributed by atoms with Gasteiger partial charge in [-0.2, -0.15) is 0 Å². The van der Waals surface area contributed by atoms with Gasteiger partial charge >= 0.3 is 5.97 Å². The first kappa shape index (κ1) is 18.6. The molecule has 1 aromatic carbocycles. The van der Waals surface area contributed by atoms with Crippen LogP contribution in [0.1, 0.15) is 50.0 Å². The number of rotatable bonds is 4. The van der Waals surface area contributed by atoms with Crippen molar-refractivity contribution in [2.45, 2.75) is 62.9 Å². The largest absolute Gasteiger partial charge is 0.481 e. The van der Waals surface area contributed by atoms with Crippen molar-refractivity contribution in [2.75, 3.05) is 5.32 Å². The van der Waals surface area contributed by atoms with E-state index in [1.54, 1.807) is 0 Å². The molecule has 1 saturated heterocycles. The Hall–Kier alpha value is -1.77. The highest BCUT2D eigenvalue weighted by Crippen LogP contribution is 2.59. The lowest BCUT2D eigenvalue weighted by Gasteiger charge is -2.57. The number of aliphatic carboxylic acids is 1. The maximum absolute atomic E-state index is 14.6. The third-order valence-corrected chi connectivity index (χ3v) is 6.38. The predicted molar refractivity (Wildman–Crippen MR) is 92.9 cm³/mol. The van der Waals surface area contributed by atoms with Gasteiger partial charge in [-0.1, -0.05) is 0 Å². The second-order valence-electron chi connectivity index (χ2n) is 8.36. The second kappa shape index (κ2) is 6.68. The van der Waals surface area contributed by atoms with E-state index in [9.17, 15) is 23.8 Å². The Morgan fingerprint density at radius 2 is 1.74 bits per heavy atom. The molecule has 8 heteroatoms. The van der Waals surface area contributed by atoms with Crippen LogP contribution in [0.4, 0.5) is 14.5 Å². The van der Waals surface area contributed by atoms with Crippen LogP contribution in [0.15, 0.2) is 12.1 Å². The summed E-state index contributed by atoms with van der Waals surface area (Å²) in [6, 6.07) is 2.56. The Morgan fingerprint density at radius 1 is 1.11 bits per heavy atom. The van der Waals surface area contributed by atoms with Crippen LogP contribution in [0.2, 0.25) is 0 Å². The van der Waals surface area contributed by atoms with Crippen LogP contribution in [0.3, 0.4) is 0 Å². The van der Waals surface area contributed by atoms with Gasteiger partial charge in [-0.25, -0.2) is 8.78 Å². The molecule has 1 aliphatic heterocycles. The molecule has 3 unspecified atom stereocenters. The summed E-state index contributed by atoms with van der Waals surface area (Å²) >= 11 is 0. The van der Waals surface area contributed by atoms with Gasteiger partial charge in [-0.3, -0.25) is 10.1 Å². The summed E-state index contributed by atoms with van der Waals surface area (Å²) in [5.41, 5.74) is 0.262. The van der Waals surface area contributed by atoms with E-state index in [2.05, 4.69) is 10.6 Å². The molecule has 4 rings (SSSR count). The molecule has 1 aromatic rings. The van der Waals surface area contributed by atoms with Crippen LogP contribution in [-0.2, 0) is 4.79 Å². The molecule has 1 spiro atoms. The van der Waals surface area contributed by atoms with E-state index in [1.807, 2.05) is 0 Å². The number of carboxylic acids is 1. The van der Waals surface area contributed by atoms with Gasteiger partial charge in [0.1, 0.15) is 24.1 Å². The smallest absolute Gasteiger partial charge is 0.306 e. The Balaban J connectivity index is 1.39. The molecule has 0 aromatic heterocycles. The highest BCUT2D eigenvalue weighted by Gasteiger charge is 2.54. The lowest BCUT2D eigenvalue weighted by molar-refractivity contribution is -0.154. The number of hydrogen-bond donors (Lipinski definition) is 5. The molecule has 5 N–H and O–H groups in total. The fourth-order valence-electron chi connectivity index (χ4n) is 5.03. The molecular formula is C19H24F2N2O4. The van der Waals surface area contributed by atoms with Crippen molar-refractivity contribution in [1.29, 1.82) is 0 Å². The van der Waals surface area contributed by atoms with E-state index >= 15 is 0 Å². The predicted octanol–water partition coefficient (Wildman–Crippen LogP) is 2.12. The van der Waals surface area contributed by atoms with Crippen LogP contribution in [-0.4, -0.2) is 39.8 Å². The Bertz CT molecular complexity index is 722. The van der Waals surface area contributed by atoms with Crippen LogP contribution in [0, 0.1) is 23.0 Å². The summed E-state index contributed by atoms with van der Waals surface area (Å²) in [4.78, 5) is 10.9. The van der Waals surface area contributed by atoms with Crippen LogP contribution in [0.25, 0.3) is 0 Å². The quantitative estimate of drug-likeness (QED) is 0.547. The maximum atomic E-state index is 14.6. The van der Waals surface area contributed by atoms with Crippen molar-refractivity contribution in [3.8, 4) is 0 Å². The van der Waals surface area contributed by atoms with Crippen LogP contribution in [0.5, 0.6) is 0 Å². The van der Waals surface area contributed by atoms with Gasteiger partial charge in [0.05, 0.1) is 5.92 Å². The first-order chi connectivity index (χ1) is 12.8. The van der Waals surface area contributed by atoms with E-state index in [0.29, 0.717) is 24.9 Å². The van der Waals surface area contributed by atoms with E-state index in [0.717, 1.165) is 12.8 Å². The first-order valence-corrected chi connectivity index (χ1v) is 9.37. The number of piperidine rings is 1. The number of carbonyl (C=O) groups is 1. The Morgan fingerprint density at radius 3 is 2.30 bits per heavy atom. The van der Waals surface area contributed by atoms with Crippen molar-refractivity contribution in [1.82, 2.24) is 5.32 Å². The maximum Gasteiger partial charge on any atom is 0.306 e. The third-order valence-electron chi connectivity index (χ3n) is 6.38. The number of benzene rings is 1.